The van der Waals surface area contributed by atoms with E-state index in [1.807, 2.05) is 0 Å². The number of nitrogens with zero attached hydrogens (tertiary/aromatic N) is 2. The Morgan fingerprint density at radius 1 is 1.40 bits per heavy atom. The third kappa shape index (κ3) is 2.12. The lowest BCUT2D eigenvalue weighted by molar-refractivity contribution is 0.102. The van der Waals surface area contributed by atoms with Crippen molar-refractivity contribution in [2.75, 3.05) is 23.7 Å². The molecule has 2 rings (SSSR count). The van der Waals surface area contributed by atoms with Crippen LogP contribution in [-0.4, -0.2) is 23.9 Å². The number of ketones is 1. The molecule has 0 aliphatic carbocycles. The molecule has 1 aliphatic heterocycles. The van der Waals surface area contributed by atoms with E-state index in [0.29, 0.717) is 10.7 Å². The van der Waals surface area contributed by atoms with Crippen LogP contribution >= 0.6 is 11.3 Å². The monoisotopic (exact) mass is 225 g/mol. The van der Waals surface area contributed by atoms with E-state index in [4.69, 9.17) is 5.73 Å². The van der Waals surface area contributed by atoms with Gasteiger partial charge in [-0.05, 0) is 19.3 Å². The topological polar surface area (TPSA) is 59.2 Å². The number of piperidine rings is 1. The summed E-state index contributed by atoms with van der Waals surface area (Å²) >= 11 is 1.41. The van der Waals surface area contributed by atoms with E-state index in [1.54, 1.807) is 0 Å². The van der Waals surface area contributed by atoms with Crippen LogP contribution in [0.1, 0.15) is 35.9 Å². The van der Waals surface area contributed by atoms with Gasteiger partial charge in [-0.1, -0.05) is 11.3 Å². The third-order valence-corrected chi connectivity index (χ3v) is 3.82. The number of thiazole rings is 1. The van der Waals surface area contributed by atoms with Crippen molar-refractivity contribution in [3.8, 4) is 0 Å². The first-order chi connectivity index (χ1) is 7.18. The van der Waals surface area contributed by atoms with Crippen molar-refractivity contribution >= 4 is 28.1 Å². The van der Waals surface area contributed by atoms with Crippen molar-refractivity contribution in [2.24, 2.45) is 0 Å². The van der Waals surface area contributed by atoms with Crippen LogP contribution in [0, 0.1) is 0 Å². The van der Waals surface area contributed by atoms with Crippen LogP contribution in [0.2, 0.25) is 0 Å². The highest BCUT2D eigenvalue weighted by atomic mass is 32.1. The molecular formula is C10H15N3OS. The number of hydrogen-bond acceptors (Lipinski definition) is 5. The zero-order valence-corrected chi connectivity index (χ0v) is 9.64. The Kier molecular flexibility index (Phi) is 2.90. The molecule has 2 heterocycles. The van der Waals surface area contributed by atoms with Crippen molar-refractivity contribution in [2.45, 2.75) is 26.2 Å². The smallest absolute Gasteiger partial charge is 0.188 e. The second-order valence-electron chi connectivity index (χ2n) is 3.81. The molecule has 0 amide bonds. The van der Waals surface area contributed by atoms with Gasteiger partial charge in [-0.2, -0.15) is 0 Å². The Labute approximate surface area is 93.1 Å². The molecule has 0 aromatic carbocycles. The highest BCUT2D eigenvalue weighted by Crippen LogP contribution is 2.30. The summed E-state index contributed by atoms with van der Waals surface area (Å²) in [5.74, 6) is 0.390. The van der Waals surface area contributed by atoms with Crippen molar-refractivity contribution < 1.29 is 4.79 Å². The van der Waals surface area contributed by atoms with E-state index in [1.165, 1.54) is 37.5 Å². The molecule has 1 aromatic rings. The molecule has 0 saturated carbocycles. The standard InChI is InChI=1S/C10H15N3OS/c1-7(14)8-9(11)12-10(15-8)13-5-3-2-4-6-13/h2-6,11H2,1H3. The number of rotatable bonds is 2. The van der Waals surface area contributed by atoms with Crippen molar-refractivity contribution in [1.82, 2.24) is 4.98 Å². The van der Waals surface area contributed by atoms with Gasteiger partial charge in [0, 0.05) is 20.0 Å². The summed E-state index contributed by atoms with van der Waals surface area (Å²) in [5.41, 5.74) is 5.70. The molecule has 0 spiro atoms. The van der Waals surface area contributed by atoms with Crippen LogP contribution < -0.4 is 10.6 Å². The summed E-state index contributed by atoms with van der Waals surface area (Å²) in [6, 6.07) is 0. The number of nitrogen functional groups attached to an aromatic ring is 1. The number of aromatic nitrogens is 1. The fourth-order valence-electron chi connectivity index (χ4n) is 1.79. The SMILES string of the molecule is CC(=O)c1sc(N2CCCCC2)nc1N. The first kappa shape index (κ1) is 10.4. The molecule has 5 heteroatoms. The molecule has 82 valence electrons. The first-order valence-electron chi connectivity index (χ1n) is 5.20. The fraction of sp³-hybridized carbons (Fsp3) is 0.600. The predicted octanol–water partition coefficient (Wildman–Crippen LogP) is 1.92. The van der Waals surface area contributed by atoms with E-state index >= 15 is 0 Å². The zero-order chi connectivity index (χ0) is 10.8. The highest BCUT2D eigenvalue weighted by molar-refractivity contribution is 7.18. The molecule has 15 heavy (non-hydrogen) atoms. The maximum Gasteiger partial charge on any atom is 0.188 e. The van der Waals surface area contributed by atoms with Gasteiger partial charge in [0.1, 0.15) is 10.7 Å². The summed E-state index contributed by atoms with van der Waals surface area (Å²) in [4.78, 5) is 18.3. The number of anilines is 2. The number of hydrogen-bond donors (Lipinski definition) is 1. The van der Waals surface area contributed by atoms with Gasteiger partial charge in [-0.25, -0.2) is 4.98 Å². The van der Waals surface area contributed by atoms with Crippen LogP contribution in [-0.2, 0) is 0 Å². The van der Waals surface area contributed by atoms with Crippen LogP contribution in [0.5, 0.6) is 0 Å². The minimum Gasteiger partial charge on any atom is -0.382 e. The van der Waals surface area contributed by atoms with Crippen LogP contribution in [0.25, 0.3) is 0 Å². The molecule has 1 aromatic heterocycles. The minimum atomic E-state index is 0.00765. The quantitative estimate of drug-likeness (QED) is 0.781. The molecule has 2 N–H and O–H groups in total. The largest absolute Gasteiger partial charge is 0.382 e. The van der Waals surface area contributed by atoms with Gasteiger partial charge in [0.25, 0.3) is 0 Å². The van der Waals surface area contributed by atoms with Crippen molar-refractivity contribution in [3.05, 3.63) is 4.88 Å². The predicted molar refractivity (Wildman–Crippen MR) is 62.6 cm³/mol. The van der Waals surface area contributed by atoms with Crippen molar-refractivity contribution in [1.29, 1.82) is 0 Å². The maximum atomic E-state index is 11.2. The molecule has 0 atom stereocenters. The summed E-state index contributed by atoms with van der Waals surface area (Å²) in [5, 5.41) is 0.900. The zero-order valence-electron chi connectivity index (χ0n) is 8.82. The van der Waals surface area contributed by atoms with Gasteiger partial charge in [-0.15, -0.1) is 0 Å². The third-order valence-electron chi connectivity index (χ3n) is 2.59. The van der Waals surface area contributed by atoms with E-state index in [2.05, 4.69) is 9.88 Å². The molecule has 1 fully saturated rings. The average Bonchev–Trinajstić information content (AvgIpc) is 2.62. The van der Waals surface area contributed by atoms with Gasteiger partial charge in [0.2, 0.25) is 0 Å². The Balaban J connectivity index is 2.21. The summed E-state index contributed by atoms with van der Waals surface area (Å²) in [7, 11) is 0. The molecule has 0 unspecified atom stereocenters. The molecule has 1 saturated heterocycles. The second kappa shape index (κ2) is 4.18. The lowest BCUT2D eigenvalue weighted by Gasteiger charge is -2.25. The Morgan fingerprint density at radius 3 is 2.60 bits per heavy atom. The normalized spacial score (nSPS) is 16.7. The molecule has 4 nitrogen and oxygen atoms in total. The average molecular weight is 225 g/mol. The molecule has 0 bridgehead atoms. The molecule has 0 radical (unpaired) electrons. The number of carbonyl (C=O) groups excluding carboxylic acids is 1. The van der Waals surface area contributed by atoms with Gasteiger partial charge in [0.05, 0.1) is 0 Å². The maximum absolute atomic E-state index is 11.2. The Morgan fingerprint density at radius 2 is 2.07 bits per heavy atom. The Hall–Kier alpha value is -1.10. The lowest BCUT2D eigenvalue weighted by atomic mass is 10.1. The number of carbonyl (C=O) groups is 1. The second-order valence-corrected chi connectivity index (χ2v) is 4.79. The van der Waals surface area contributed by atoms with Gasteiger partial charge in [-0.3, -0.25) is 4.79 Å². The number of nitrogens with two attached hydrogens (primary N) is 1. The molecular weight excluding hydrogens is 210 g/mol. The van der Waals surface area contributed by atoms with E-state index < -0.39 is 0 Å². The van der Waals surface area contributed by atoms with E-state index in [0.717, 1.165) is 18.2 Å². The van der Waals surface area contributed by atoms with Gasteiger partial charge >= 0.3 is 0 Å². The lowest BCUT2D eigenvalue weighted by Crippen LogP contribution is -2.29. The number of Topliss-reactive ketones (excluding diaryl/α,β-unsaturated/α-hetero) is 1. The fourth-order valence-corrected chi connectivity index (χ4v) is 2.73. The van der Waals surface area contributed by atoms with Gasteiger partial charge in [0.15, 0.2) is 10.9 Å². The van der Waals surface area contributed by atoms with Crippen LogP contribution in [0.15, 0.2) is 0 Å². The van der Waals surface area contributed by atoms with Gasteiger partial charge < -0.3 is 10.6 Å². The van der Waals surface area contributed by atoms with Crippen molar-refractivity contribution in [3.63, 3.8) is 0 Å². The molecule has 1 aliphatic rings. The van der Waals surface area contributed by atoms with Crippen LogP contribution in [0.3, 0.4) is 0 Å². The summed E-state index contributed by atoms with van der Waals surface area (Å²) in [6.45, 7) is 3.60. The summed E-state index contributed by atoms with van der Waals surface area (Å²) < 4.78 is 0. The minimum absolute atomic E-state index is 0.00765. The summed E-state index contributed by atoms with van der Waals surface area (Å²) in [6.07, 6.45) is 3.70. The van der Waals surface area contributed by atoms with Crippen LogP contribution in [0.4, 0.5) is 10.9 Å². The Bertz CT molecular complexity index is 369. The highest BCUT2D eigenvalue weighted by Gasteiger charge is 2.18. The van der Waals surface area contributed by atoms with E-state index in [9.17, 15) is 4.79 Å². The first-order valence-corrected chi connectivity index (χ1v) is 6.02. The van der Waals surface area contributed by atoms with E-state index in [-0.39, 0.29) is 5.78 Å².